The third-order valence-electron chi connectivity index (χ3n) is 5.24. The Balaban J connectivity index is 1.33. The van der Waals surface area contributed by atoms with Crippen molar-refractivity contribution in [2.45, 2.75) is 32.9 Å². The Morgan fingerprint density at radius 2 is 2.17 bits per heavy atom. The second-order valence-electron chi connectivity index (χ2n) is 7.41. The van der Waals surface area contributed by atoms with Crippen LogP contribution in [0.15, 0.2) is 42.7 Å². The highest BCUT2D eigenvalue weighted by Gasteiger charge is 2.28. The Morgan fingerprint density at radius 3 is 2.93 bits per heavy atom. The zero-order valence-electron chi connectivity index (χ0n) is 17.0. The van der Waals surface area contributed by atoms with Crippen LogP contribution in [0, 0.1) is 13.8 Å². The highest BCUT2D eigenvalue weighted by Crippen LogP contribution is 2.23. The van der Waals surface area contributed by atoms with E-state index in [0.29, 0.717) is 13.1 Å². The van der Waals surface area contributed by atoms with Gasteiger partial charge in [0.25, 0.3) is 0 Å². The average Bonchev–Trinajstić information content (AvgIpc) is 3.46. The van der Waals surface area contributed by atoms with Gasteiger partial charge >= 0.3 is 6.03 Å². The molecule has 1 N–H and O–H groups in total. The van der Waals surface area contributed by atoms with Gasteiger partial charge in [-0.25, -0.2) is 9.48 Å². The number of hydrogen-bond acceptors (Lipinski definition) is 4. The Hall–Kier alpha value is -3.29. The van der Waals surface area contributed by atoms with Crippen LogP contribution in [0.25, 0.3) is 5.69 Å². The Bertz CT molecular complexity index is 1010. The Kier molecular flexibility index (Phi) is 5.24. The fourth-order valence-electron chi connectivity index (χ4n) is 3.78. The molecule has 3 heterocycles. The number of likely N-dealkylation sites (tertiary alicyclic amines) is 1. The number of nitrogens with zero attached hydrogens (tertiary/aromatic N) is 5. The Labute approximate surface area is 170 Å². The lowest BCUT2D eigenvalue weighted by molar-refractivity contribution is 0.206. The van der Waals surface area contributed by atoms with Crippen molar-refractivity contribution in [1.29, 1.82) is 0 Å². The fraction of sp³-hybridized carbons (Fsp3) is 0.381. The zero-order valence-corrected chi connectivity index (χ0v) is 17.0. The van der Waals surface area contributed by atoms with Crippen molar-refractivity contribution in [3.05, 3.63) is 59.7 Å². The maximum Gasteiger partial charge on any atom is 0.317 e. The average molecular weight is 394 g/mol. The van der Waals surface area contributed by atoms with Gasteiger partial charge in [0, 0.05) is 43.2 Å². The van der Waals surface area contributed by atoms with Crippen LogP contribution in [0.5, 0.6) is 5.75 Å². The van der Waals surface area contributed by atoms with E-state index in [2.05, 4.69) is 28.5 Å². The summed E-state index contributed by atoms with van der Waals surface area (Å²) in [6.45, 7) is 5.90. The minimum atomic E-state index is -0.0526. The number of nitrogens with one attached hydrogen (secondary N) is 1. The van der Waals surface area contributed by atoms with Crippen LogP contribution in [-0.2, 0) is 6.54 Å². The summed E-state index contributed by atoms with van der Waals surface area (Å²) in [7, 11) is 1.64. The molecule has 8 nitrogen and oxygen atoms in total. The monoisotopic (exact) mass is 394 g/mol. The fourth-order valence-corrected chi connectivity index (χ4v) is 3.78. The van der Waals surface area contributed by atoms with Gasteiger partial charge in [-0.3, -0.25) is 4.68 Å². The van der Waals surface area contributed by atoms with Crippen LogP contribution in [0.2, 0.25) is 0 Å². The van der Waals surface area contributed by atoms with Crippen molar-refractivity contribution >= 4 is 6.03 Å². The molecule has 1 aliphatic heterocycles. The molecule has 4 rings (SSSR count). The van der Waals surface area contributed by atoms with E-state index in [1.165, 1.54) is 0 Å². The number of aromatic nitrogens is 4. The predicted molar refractivity (Wildman–Crippen MR) is 109 cm³/mol. The molecule has 1 fully saturated rings. The molecule has 1 aliphatic rings. The molecule has 0 aliphatic carbocycles. The van der Waals surface area contributed by atoms with Crippen molar-refractivity contribution in [3.8, 4) is 11.4 Å². The van der Waals surface area contributed by atoms with Crippen LogP contribution in [0.3, 0.4) is 0 Å². The first-order chi connectivity index (χ1) is 14.0. The molecule has 0 radical (unpaired) electrons. The van der Waals surface area contributed by atoms with Gasteiger partial charge in [0.2, 0.25) is 0 Å². The highest BCUT2D eigenvalue weighted by molar-refractivity contribution is 5.74. The van der Waals surface area contributed by atoms with E-state index >= 15 is 0 Å². The van der Waals surface area contributed by atoms with E-state index in [9.17, 15) is 4.79 Å². The van der Waals surface area contributed by atoms with Crippen LogP contribution >= 0.6 is 0 Å². The number of aryl methyl sites for hydroxylation is 2. The number of rotatable bonds is 5. The molecule has 29 heavy (non-hydrogen) atoms. The third kappa shape index (κ3) is 4.11. The third-order valence-corrected chi connectivity index (χ3v) is 5.24. The zero-order chi connectivity index (χ0) is 20.4. The smallest absolute Gasteiger partial charge is 0.317 e. The maximum atomic E-state index is 12.6. The summed E-state index contributed by atoms with van der Waals surface area (Å²) < 4.78 is 9.08. The lowest BCUT2D eigenvalue weighted by Crippen LogP contribution is -2.38. The normalized spacial score (nSPS) is 16.2. The molecule has 152 valence electrons. The van der Waals surface area contributed by atoms with Crippen molar-refractivity contribution in [2.24, 2.45) is 0 Å². The Morgan fingerprint density at radius 1 is 1.31 bits per heavy atom. The van der Waals surface area contributed by atoms with E-state index < -0.39 is 0 Å². The number of amides is 2. The van der Waals surface area contributed by atoms with E-state index in [1.54, 1.807) is 18.0 Å². The summed E-state index contributed by atoms with van der Waals surface area (Å²) in [5.74, 6) is 0.777. The van der Waals surface area contributed by atoms with Crippen molar-refractivity contribution < 1.29 is 9.53 Å². The number of ether oxygens (including phenoxy) is 1. The number of benzene rings is 1. The molecule has 2 aromatic heterocycles. The van der Waals surface area contributed by atoms with Crippen molar-refractivity contribution in [3.63, 3.8) is 0 Å². The first kappa shape index (κ1) is 19.0. The van der Waals surface area contributed by atoms with Gasteiger partial charge in [-0.1, -0.05) is 6.07 Å². The van der Waals surface area contributed by atoms with E-state index in [-0.39, 0.29) is 12.1 Å². The number of carbonyl (C=O) groups excluding carboxylic acids is 1. The predicted octanol–water partition coefficient (Wildman–Crippen LogP) is 2.85. The number of methoxy groups -OCH3 is 1. The van der Waals surface area contributed by atoms with Crippen molar-refractivity contribution in [2.75, 3.05) is 20.2 Å². The standard InChI is InChI=1S/C21H26N6O2/c1-15-9-16(2)27(24-15)19-7-8-25(14-19)21(28)22-11-17-12-23-26(13-17)18-5-4-6-20(10-18)29-3/h4-6,9-10,12-13,19H,7-8,11,14H2,1-3H3,(H,22,28)/t19-/m0/s1. The number of hydrogen-bond donors (Lipinski definition) is 1. The van der Waals surface area contributed by atoms with E-state index in [1.807, 2.05) is 47.0 Å². The van der Waals surface area contributed by atoms with Gasteiger partial charge in [-0.15, -0.1) is 0 Å². The molecular formula is C21H26N6O2. The van der Waals surface area contributed by atoms with Crippen LogP contribution < -0.4 is 10.1 Å². The summed E-state index contributed by atoms with van der Waals surface area (Å²) in [6.07, 6.45) is 4.60. The lowest BCUT2D eigenvalue weighted by atomic mass is 10.2. The second-order valence-corrected chi connectivity index (χ2v) is 7.41. The minimum absolute atomic E-state index is 0.0526. The van der Waals surface area contributed by atoms with Gasteiger partial charge < -0.3 is 15.0 Å². The topological polar surface area (TPSA) is 77.2 Å². The van der Waals surface area contributed by atoms with Crippen molar-refractivity contribution in [1.82, 2.24) is 29.8 Å². The quantitative estimate of drug-likeness (QED) is 0.722. The summed E-state index contributed by atoms with van der Waals surface area (Å²) in [5, 5.41) is 11.9. The molecule has 0 saturated carbocycles. The van der Waals surface area contributed by atoms with Crippen LogP contribution in [0.4, 0.5) is 4.79 Å². The maximum absolute atomic E-state index is 12.6. The molecule has 0 unspecified atom stereocenters. The van der Waals surface area contributed by atoms with Crippen LogP contribution in [-0.4, -0.2) is 50.7 Å². The van der Waals surface area contributed by atoms with Gasteiger partial charge in [0.15, 0.2) is 0 Å². The molecule has 3 aromatic rings. The molecular weight excluding hydrogens is 368 g/mol. The highest BCUT2D eigenvalue weighted by atomic mass is 16.5. The molecule has 1 saturated heterocycles. The summed E-state index contributed by atoms with van der Waals surface area (Å²) in [4.78, 5) is 14.4. The van der Waals surface area contributed by atoms with Crippen LogP contribution in [0.1, 0.15) is 29.4 Å². The largest absolute Gasteiger partial charge is 0.497 e. The molecule has 2 amide bonds. The first-order valence-corrected chi connectivity index (χ1v) is 9.77. The lowest BCUT2D eigenvalue weighted by Gasteiger charge is -2.18. The molecule has 0 bridgehead atoms. The van der Waals surface area contributed by atoms with Gasteiger partial charge in [-0.2, -0.15) is 10.2 Å². The summed E-state index contributed by atoms with van der Waals surface area (Å²) >= 11 is 0. The molecule has 1 aromatic carbocycles. The van der Waals surface area contributed by atoms with Gasteiger partial charge in [0.1, 0.15) is 5.75 Å². The molecule has 0 spiro atoms. The molecule has 8 heteroatoms. The number of urea groups is 1. The first-order valence-electron chi connectivity index (χ1n) is 9.77. The van der Waals surface area contributed by atoms with Gasteiger partial charge in [0.05, 0.1) is 30.7 Å². The second kappa shape index (κ2) is 7.98. The number of carbonyl (C=O) groups is 1. The SMILES string of the molecule is COc1cccc(-n2cc(CNC(=O)N3CC[C@H](n4nc(C)cc4C)C3)cn2)c1. The summed E-state index contributed by atoms with van der Waals surface area (Å²) in [5.41, 5.74) is 4.00. The molecule has 1 atom stereocenters. The van der Waals surface area contributed by atoms with Gasteiger partial charge in [-0.05, 0) is 38.5 Å². The summed E-state index contributed by atoms with van der Waals surface area (Å²) in [6, 6.07) is 9.95. The van der Waals surface area contributed by atoms with E-state index in [0.717, 1.165) is 41.4 Å². The minimum Gasteiger partial charge on any atom is -0.497 e. The van der Waals surface area contributed by atoms with E-state index in [4.69, 9.17) is 4.74 Å².